The first-order chi connectivity index (χ1) is 22.5. The summed E-state index contributed by atoms with van der Waals surface area (Å²) in [5.74, 6) is 0.896. The summed E-state index contributed by atoms with van der Waals surface area (Å²) in [6, 6.07) is 4.21. The fraction of sp³-hybridized carbons (Fsp3) is 0.762. The van der Waals surface area contributed by atoms with Gasteiger partial charge in [0, 0.05) is 42.6 Å². The van der Waals surface area contributed by atoms with Gasteiger partial charge in [-0.1, -0.05) is 60.1 Å². The highest BCUT2D eigenvalue weighted by Crippen LogP contribution is 2.75. The van der Waals surface area contributed by atoms with Crippen LogP contribution in [0.1, 0.15) is 144 Å². The molecule has 10 atom stereocenters. The second-order valence-electron chi connectivity index (χ2n) is 19.0. The second-order valence-corrected chi connectivity index (χ2v) is 19.0. The Morgan fingerprint density at radius 2 is 1.67 bits per heavy atom. The maximum absolute atomic E-state index is 14.8. The van der Waals surface area contributed by atoms with E-state index < -0.39 is 5.41 Å². The van der Waals surface area contributed by atoms with Crippen LogP contribution in [0.3, 0.4) is 0 Å². The lowest BCUT2D eigenvalue weighted by Gasteiger charge is -2.70. The van der Waals surface area contributed by atoms with Gasteiger partial charge in [0.2, 0.25) is 5.91 Å². The SMILES string of the molecule is CC(=O)O[C@H]1CC[C@]2(C)[C@H]3C(=O)C=C4[C@@H]5CC(C)(C(=O)N6CCCCC6c6cccnc6)CC[C@]5(C)CC[C@@]4(C)[C@]3(C)CC[C@H]2C1(C)C. The van der Waals surface area contributed by atoms with E-state index in [0.717, 1.165) is 89.2 Å². The quantitative estimate of drug-likeness (QED) is 0.304. The van der Waals surface area contributed by atoms with Crippen LogP contribution < -0.4 is 0 Å². The van der Waals surface area contributed by atoms with E-state index in [4.69, 9.17) is 4.74 Å². The number of ketones is 1. The maximum Gasteiger partial charge on any atom is 0.302 e. The third-order valence-corrected chi connectivity index (χ3v) is 16.2. The first-order valence-corrected chi connectivity index (χ1v) is 19.1. The third kappa shape index (κ3) is 4.76. The lowest BCUT2D eigenvalue weighted by Crippen LogP contribution is -2.67. The molecule has 2 unspecified atom stereocenters. The fourth-order valence-corrected chi connectivity index (χ4v) is 13.2. The molecule has 6 nitrogen and oxygen atoms in total. The van der Waals surface area contributed by atoms with Gasteiger partial charge in [-0.2, -0.15) is 0 Å². The van der Waals surface area contributed by atoms with Crippen LogP contribution in [0.25, 0.3) is 0 Å². The number of hydrogen-bond donors (Lipinski definition) is 0. The van der Waals surface area contributed by atoms with Crippen LogP contribution in [-0.4, -0.2) is 40.2 Å². The van der Waals surface area contributed by atoms with Gasteiger partial charge in [-0.3, -0.25) is 19.4 Å². The molecule has 0 spiro atoms. The Hall–Kier alpha value is -2.50. The molecular formula is C42H60N2O4. The molecule has 0 N–H and O–H groups in total. The minimum atomic E-state index is -0.454. The number of ether oxygens (including phenoxy) is 1. The minimum absolute atomic E-state index is 0.0513. The summed E-state index contributed by atoms with van der Waals surface area (Å²) in [6.45, 7) is 18.9. The number of aromatic nitrogens is 1. The summed E-state index contributed by atoms with van der Waals surface area (Å²) in [4.78, 5) is 48.3. The van der Waals surface area contributed by atoms with E-state index in [9.17, 15) is 14.4 Å². The monoisotopic (exact) mass is 656 g/mol. The predicted molar refractivity (Wildman–Crippen MR) is 188 cm³/mol. The fourth-order valence-electron chi connectivity index (χ4n) is 13.2. The Morgan fingerprint density at radius 3 is 2.38 bits per heavy atom. The average Bonchev–Trinajstić information content (AvgIpc) is 3.04. The molecule has 262 valence electrons. The van der Waals surface area contributed by atoms with Crippen LogP contribution in [0.15, 0.2) is 36.2 Å². The van der Waals surface area contributed by atoms with Crippen molar-refractivity contribution < 1.29 is 19.1 Å². The van der Waals surface area contributed by atoms with E-state index in [0.29, 0.717) is 17.6 Å². The Morgan fingerprint density at radius 1 is 0.917 bits per heavy atom. The molecule has 1 saturated heterocycles. The Balaban J connectivity index is 1.22. The second kappa shape index (κ2) is 11.3. The normalized spacial score (nSPS) is 45.1. The van der Waals surface area contributed by atoms with Crippen molar-refractivity contribution >= 4 is 17.7 Å². The smallest absolute Gasteiger partial charge is 0.302 e. The molecule has 1 aromatic rings. The maximum atomic E-state index is 14.8. The number of nitrogens with zero attached hydrogens (tertiary/aromatic N) is 2. The molecule has 1 aromatic heterocycles. The highest BCUT2D eigenvalue weighted by atomic mass is 16.5. The molecule has 0 radical (unpaired) electrons. The summed E-state index contributed by atoms with van der Waals surface area (Å²) in [5.41, 5.74) is 1.57. The standard InChI is InChI=1S/C42H60N2O4/c1-27(45)48-34-15-16-40(6)33(37(34,2)3)14-17-42(8)35(40)32(46)24-29-30-25-39(5,19-18-38(30,4)20-21-41(29,42)7)36(47)44-23-10-9-13-31(44)28-12-11-22-43-26-28/h11-12,22,24,26,30-31,33-35H,9-10,13-21,23,25H2,1-8H3/t30-,31?,33-,34-,35+,38+,39?,40-,41+,42+/m0/s1. The zero-order chi connectivity index (χ0) is 34.5. The molecule has 5 aliphatic carbocycles. The van der Waals surface area contributed by atoms with Crippen molar-refractivity contribution in [2.75, 3.05) is 6.54 Å². The highest BCUT2D eigenvalue weighted by Gasteiger charge is 2.70. The summed E-state index contributed by atoms with van der Waals surface area (Å²) in [6.07, 6.45) is 17.7. The molecular weight excluding hydrogens is 596 g/mol. The minimum Gasteiger partial charge on any atom is -0.462 e. The van der Waals surface area contributed by atoms with E-state index in [1.807, 2.05) is 18.5 Å². The van der Waals surface area contributed by atoms with Crippen molar-refractivity contribution in [2.45, 2.75) is 145 Å². The van der Waals surface area contributed by atoms with Gasteiger partial charge in [-0.05, 0) is 128 Å². The molecule has 7 rings (SSSR count). The number of amides is 1. The Bertz CT molecular complexity index is 1520. The molecule has 1 aliphatic heterocycles. The van der Waals surface area contributed by atoms with Crippen molar-refractivity contribution in [3.05, 3.63) is 41.7 Å². The van der Waals surface area contributed by atoms with Gasteiger partial charge < -0.3 is 9.64 Å². The summed E-state index contributed by atoms with van der Waals surface area (Å²) in [7, 11) is 0. The highest BCUT2D eigenvalue weighted by molar-refractivity contribution is 5.96. The van der Waals surface area contributed by atoms with E-state index in [-0.39, 0.29) is 57.0 Å². The molecule has 4 saturated carbocycles. The predicted octanol–water partition coefficient (Wildman–Crippen LogP) is 9.05. The van der Waals surface area contributed by atoms with Crippen LogP contribution in [-0.2, 0) is 19.1 Å². The number of carbonyl (C=O) groups is 3. The summed E-state index contributed by atoms with van der Waals surface area (Å²) in [5, 5.41) is 0. The van der Waals surface area contributed by atoms with Gasteiger partial charge in [-0.25, -0.2) is 0 Å². The van der Waals surface area contributed by atoms with Gasteiger partial charge in [0.05, 0.1) is 6.04 Å². The molecule has 0 bridgehead atoms. The zero-order valence-corrected chi connectivity index (χ0v) is 31.0. The van der Waals surface area contributed by atoms with E-state index >= 15 is 0 Å². The molecule has 0 aromatic carbocycles. The molecule has 1 amide bonds. The number of allylic oxidation sites excluding steroid dienone is 2. The van der Waals surface area contributed by atoms with Crippen LogP contribution in [0.4, 0.5) is 0 Å². The first kappa shape index (κ1) is 34.0. The number of hydrogen-bond acceptors (Lipinski definition) is 5. The number of likely N-dealkylation sites (tertiary alicyclic amines) is 1. The van der Waals surface area contributed by atoms with Crippen LogP contribution in [0.5, 0.6) is 0 Å². The van der Waals surface area contributed by atoms with Gasteiger partial charge in [0.25, 0.3) is 0 Å². The summed E-state index contributed by atoms with van der Waals surface area (Å²) >= 11 is 0. The number of piperidine rings is 1. The zero-order valence-electron chi connectivity index (χ0n) is 31.0. The van der Waals surface area contributed by atoms with E-state index in [1.165, 1.54) is 12.5 Å². The van der Waals surface area contributed by atoms with Crippen LogP contribution in [0.2, 0.25) is 0 Å². The average molecular weight is 657 g/mol. The number of pyridine rings is 1. The van der Waals surface area contributed by atoms with Crippen LogP contribution in [0, 0.1) is 50.2 Å². The molecule has 2 heterocycles. The topological polar surface area (TPSA) is 76.6 Å². The van der Waals surface area contributed by atoms with Gasteiger partial charge in [0.15, 0.2) is 5.78 Å². The Labute approximate surface area is 289 Å². The van der Waals surface area contributed by atoms with Gasteiger partial charge in [-0.15, -0.1) is 0 Å². The number of rotatable bonds is 3. The van der Waals surface area contributed by atoms with E-state index in [1.54, 1.807) is 0 Å². The molecule has 48 heavy (non-hydrogen) atoms. The molecule has 6 heteroatoms. The van der Waals surface area contributed by atoms with Gasteiger partial charge >= 0.3 is 5.97 Å². The first-order valence-electron chi connectivity index (χ1n) is 19.1. The van der Waals surface area contributed by atoms with Gasteiger partial charge in [0.1, 0.15) is 6.10 Å². The molecule has 5 fully saturated rings. The lowest BCUT2D eigenvalue weighted by atomic mass is 9.33. The molecule has 6 aliphatic rings. The van der Waals surface area contributed by atoms with Crippen molar-refractivity contribution in [1.82, 2.24) is 9.88 Å². The lowest BCUT2D eigenvalue weighted by molar-refractivity contribution is -0.210. The van der Waals surface area contributed by atoms with Crippen molar-refractivity contribution in [3.8, 4) is 0 Å². The third-order valence-electron chi connectivity index (χ3n) is 16.2. The van der Waals surface area contributed by atoms with Crippen LogP contribution >= 0.6 is 0 Å². The van der Waals surface area contributed by atoms with Crippen molar-refractivity contribution in [2.24, 2.45) is 50.2 Å². The summed E-state index contributed by atoms with van der Waals surface area (Å²) < 4.78 is 5.91. The number of esters is 1. The number of carbonyl (C=O) groups excluding carboxylic acids is 3. The van der Waals surface area contributed by atoms with Crippen molar-refractivity contribution in [1.29, 1.82) is 0 Å². The van der Waals surface area contributed by atoms with Crippen molar-refractivity contribution in [3.63, 3.8) is 0 Å². The number of fused-ring (bicyclic) bond motifs is 7. The Kier molecular flexibility index (Phi) is 7.96. The largest absolute Gasteiger partial charge is 0.462 e. The van der Waals surface area contributed by atoms with E-state index in [2.05, 4.69) is 70.5 Å².